The molecule has 2 aliphatic rings. The molecule has 2 heterocycles. The first kappa shape index (κ1) is 19.2. The zero-order valence-corrected chi connectivity index (χ0v) is 15.5. The van der Waals surface area contributed by atoms with Gasteiger partial charge in [-0.1, -0.05) is 26.7 Å². The van der Waals surface area contributed by atoms with Gasteiger partial charge in [-0.05, 0) is 45.2 Å². The SMILES string of the molecule is CCCCN1CCOC(CCCC2CN(CCCC)CCO2)C1. The van der Waals surface area contributed by atoms with E-state index in [0.29, 0.717) is 12.2 Å². The Labute approximate surface area is 143 Å². The first-order valence-electron chi connectivity index (χ1n) is 9.99. The summed E-state index contributed by atoms with van der Waals surface area (Å²) in [6, 6.07) is 0. The van der Waals surface area contributed by atoms with E-state index in [1.165, 1.54) is 58.0 Å². The van der Waals surface area contributed by atoms with E-state index in [0.717, 1.165) is 39.4 Å². The maximum absolute atomic E-state index is 5.96. The van der Waals surface area contributed by atoms with Crippen molar-refractivity contribution in [2.75, 3.05) is 52.5 Å². The number of hydrogen-bond acceptors (Lipinski definition) is 4. The Kier molecular flexibility index (Phi) is 9.50. The lowest BCUT2D eigenvalue weighted by atomic mass is 10.1. The summed E-state index contributed by atoms with van der Waals surface area (Å²) < 4.78 is 11.9. The highest BCUT2D eigenvalue weighted by atomic mass is 16.5. The molecule has 0 radical (unpaired) electrons. The van der Waals surface area contributed by atoms with Crippen molar-refractivity contribution in [3.8, 4) is 0 Å². The highest BCUT2D eigenvalue weighted by molar-refractivity contribution is 4.75. The highest BCUT2D eigenvalue weighted by Gasteiger charge is 2.22. The molecule has 0 bridgehead atoms. The molecule has 0 aromatic carbocycles. The van der Waals surface area contributed by atoms with Crippen LogP contribution in [-0.4, -0.2) is 74.5 Å². The van der Waals surface area contributed by atoms with Gasteiger partial charge >= 0.3 is 0 Å². The minimum absolute atomic E-state index is 0.445. The standard InChI is InChI=1S/C19H38N2O2/c1-3-5-10-20-12-14-22-18(16-20)8-7-9-19-17-21(11-6-4-2)13-15-23-19/h18-19H,3-17H2,1-2H3. The van der Waals surface area contributed by atoms with Crippen LogP contribution < -0.4 is 0 Å². The molecule has 2 aliphatic heterocycles. The van der Waals surface area contributed by atoms with Gasteiger partial charge in [0.25, 0.3) is 0 Å². The lowest BCUT2D eigenvalue weighted by Crippen LogP contribution is -2.44. The fraction of sp³-hybridized carbons (Fsp3) is 1.00. The topological polar surface area (TPSA) is 24.9 Å². The monoisotopic (exact) mass is 326 g/mol. The third-order valence-electron chi connectivity index (χ3n) is 5.15. The first-order chi connectivity index (χ1) is 11.3. The van der Waals surface area contributed by atoms with Crippen molar-refractivity contribution in [3.05, 3.63) is 0 Å². The molecular weight excluding hydrogens is 288 g/mol. The molecule has 2 atom stereocenters. The summed E-state index contributed by atoms with van der Waals surface area (Å²) in [6.45, 7) is 13.4. The van der Waals surface area contributed by atoms with Crippen molar-refractivity contribution in [3.63, 3.8) is 0 Å². The third-order valence-corrected chi connectivity index (χ3v) is 5.15. The minimum Gasteiger partial charge on any atom is -0.376 e. The predicted molar refractivity (Wildman–Crippen MR) is 96.0 cm³/mol. The Morgan fingerprint density at radius 1 is 0.739 bits per heavy atom. The van der Waals surface area contributed by atoms with Crippen molar-refractivity contribution in [1.82, 2.24) is 9.80 Å². The van der Waals surface area contributed by atoms with Crippen molar-refractivity contribution < 1.29 is 9.47 Å². The van der Waals surface area contributed by atoms with E-state index in [-0.39, 0.29) is 0 Å². The van der Waals surface area contributed by atoms with Crippen LogP contribution in [0, 0.1) is 0 Å². The molecular formula is C19H38N2O2. The average molecular weight is 327 g/mol. The second-order valence-corrected chi connectivity index (χ2v) is 7.22. The van der Waals surface area contributed by atoms with E-state index in [1.807, 2.05) is 0 Å². The fourth-order valence-electron chi connectivity index (χ4n) is 3.65. The zero-order chi connectivity index (χ0) is 16.3. The summed E-state index contributed by atoms with van der Waals surface area (Å²) in [4.78, 5) is 5.17. The smallest absolute Gasteiger partial charge is 0.0702 e. The second-order valence-electron chi connectivity index (χ2n) is 7.22. The quantitative estimate of drug-likeness (QED) is 0.616. The van der Waals surface area contributed by atoms with Crippen LogP contribution in [-0.2, 0) is 9.47 Å². The van der Waals surface area contributed by atoms with E-state index >= 15 is 0 Å². The zero-order valence-electron chi connectivity index (χ0n) is 15.5. The maximum atomic E-state index is 5.96. The Hall–Kier alpha value is -0.160. The summed E-state index contributed by atoms with van der Waals surface area (Å²) in [6.07, 6.45) is 9.71. The van der Waals surface area contributed by atoms with E-state index in [9.17, 15) is 0 Å². The van der Waals surface area contributed by atoms with Crippen LogP contribution in [0.25, 0.3) is 0 Å². The van der Waals surface area contributed by atoms with Crippen molar-refractivity contribution in [1.29, 1.82) is 0 Å². The van der Waals surface area contributed by atoms with Crippen molar-refractivity contribution in [2.24, 2.45) is 0 Å². The summed E-state index contributed by atoms with van der Waals surface area (Å²) in [5, 5.41) is 0. The lowest BCUT2D eigenvalue weighted by molar-refractivity contribution is -0.0465. The highest BCUT2D eigenvalue weighted by Crippen LogP contribution is 2.17. The Bertz CT molecular complexity index is 273. The van der Waals surface area contributed by atoms with Crippen LogP contribution in [0.15, 0.2) is 0 Å². The number of rotatable bonds is 10. The molecule has 0 N–H and O–H groups in total. The summed E-state index contributed by atoms with van der Waals surface area (Å²) in [7, 11) is 0. The predicted octanol–water partition coefficient (Wildman–Crippen LogP) is 3.16. The first-order valence-corrected chi connectivity index (χ1v) is 9.99. The molecule has 2 unspecified atom stereocenters. The van der Waals surface area contributed by atoms with Gasteiger partial charge in [0.05, 0.1) is 25.4 Å². The normalized spacial score (nSPS) is 27.4. The molecule has 2 fully saturated rings. The number of unbranched alkanes of at least 4 members (excludes halogenated alkanes) is 2. The number of hydrogen-bond donors (Lipinski definition) is 0. The van der Waals surface area contributed by atoms with E-state index in [2.05, 4.69) is 23.6 Å². The van der Waals surface area contributed by atoms with Gasteiger partial charge in [0.2, 0.25) is 0 Å². The van der Waals surface area contributed by atoms with E-state index < -0.39 is 0 Å². The number of ether oxygens (including phenoxy) is 2. The second kappa shape index (κ2) is 11.4. The molecule has 23 heavy (non-hydrogen) atoms. The van der Waals surface area contributed by atoms with Gasteiger partial charge in [0.1, 0.15) is 0 Å². The van der Waals surface area contributed by atoms with Gasteiger partial charge in [-0.25, -0.2) is 0 Å². The molecule has 0 aromatic rings. The molecule has 0 aromatic heterocycles. The molecule has 4 nitrogen and oxygen atoms in total. The molecule has 0 spiro atoms. The summed E-state index contributed by atoms with van der Waals surface area (Å²) >= 11 is 0. The lowest BCUT2D eigenvalue weighted by Gasteiger charge is -2.34. The van der Waals surface area contributed by atoms with Gasteiger partial charge in [-0.2, -0.15) is 0 Å². The third kappa shape index (κ3) is 7.51. The van der Waals surface area contributed by atoms with Crippen LogP contribution in [0.4, 0.5) is 0 Å². The molecule has 2 rings (SSSR count). The summed E-state index contributed by atoms with van der Waals surface area (Å²) in [5.41, 5.74) is 0. The largest absolute Gasteiger partial charge is 0.376 e. The molecule has 136 valence electrons. The average Bonchev–Trinajstić information content (AvgIpc) is 2.59. The van der Waals surface area contributed by atoms with Gasteiger partial charge in [-0.15, -0.1) is 0 Å². The molecule has 2 saturated heterocycles. The minimum atomic E-state index is 0.445. The molecule has 0 amide bonds. The Balaban J connectivity index is 1.58. The van der Waals surface area contributed by atoms with E-state index in [4.69, 9.17) is 9.47 Å². The van der Waals surface area contributed by atoms with Crippen LogP contribution >= 0.6 is 0 Å². The van der Waals surface area contributed by atoms with Crippen LogP contribution in [0.3, 0.4) is 0 Å². The van der Waals surface area contributed by atoms with Gasteiger partial charge < -0.3 is 9.47 Å². The van der Waals surface area contributed by atoms with Crippen LogP contribution in [0.5, 0.6) is 0 Å². The van der Waals surface area contributed by atoms with E-state index in [1.54, 1.807) is 0 Å². The molecule has 4 heteroatoms. The Morgan fingerprint density at radius 2 is 1.22 bits per heavy atom. The van der Waals surface area contributed by atoms with Crippen molar-refractivity contribution in [2.45, 2.75) is 71.0 Å². The van der Waals surface area contributed by atoms with Crippen LogP contribution in [0.1, 0.15) is 58.8 Å². The summed E-state index contributed by atoms with van der Waals surface area (Å²) in [5.74, 6) is 0. The van der Waals surface area contributed by atoms with Gasteiger partial charge in [-0.3, -0.25) is 9.80 Å². The number of nitrogens with zero attached hydrogens (tertiary/aromatic N) is 2. The van der Waals surface area contributed by atoms with Crippen molar-refractivity contribution >= 4 is 0 Å². The molecule has 0 saturated carbocycles. The van der Waals surface area contributed by atoms with Gasteiger partial charge in [0.15, 0.2) is 0 Å². The number of morpholine rings is 2. The fourth-order valence-corrected chi connectivity index (χ4v) is 3.65. The van der Waals surface area contributed by atoms with Gasteiger partial charge in [0, 0.05) is 26.2 Å². The van der Waals surface area contributed by atoms with Crippen LogP contribution in [0.2, 0.25) is 0 Å². The maximum Gasteiger partial charge on any atom is 0.0702 e. The Morgan fingerprint density at radius 3 is 1.65 bits per heavy atom. The molecule has 0 aliphatic carbocycles.